The minimum absolute atomic E-state index is 0.0152. The van der Waals surface area contributed by atoms with Gasteiger partial charge >= 0.3 is 6.03 Å². The number of aliphatic hydroxyl groups excluding tert-OH is 1. The Morgan fingerprint density at radius 1 is 1.03 bits per heavy atom. The second-order valence-corrected chi connectivity index (χ2v) is 9.04. The molecule has 2 aromatic carbocycles. The van der Waals surface area contributed by atoms with Crippen molar-refractivity contribution in [3.63, 3.8) is 0 Å². The molecule has 0 bridgehead atoms. The van der Waals surface area contributed by atoms with Crippen LogP contribution in [0.3, 0.4) is 0 Å². The Bertz CT molecular complexity index is 1180. The maximum Gasteiger partial charge on any atom is 0.321 e. The lowest BCUT2D eigenvalue weighted by Gasteiger charge is -2.57. The number of anilines is 1. The predicted octanol–water partition coefficient (Wildman–Crippen LogP) is 3.88. The van der Waals surface area contributed by atoms with Gasteiger partial charge in [0.2, 0.25) is 0 Å². The first-order chi connectivity index (χ1) is 17.0. The number of nitrogens with zero attached hydrogens (tertiary/aromatic N) is 4. The van der Waals surface area contributed by atoms with Gasteiger partial charge in [0, 0.05) is 55.1 Å². The van der Waals surface area contributed by atoms with E-state index in [0.717, 1.165) is 54.3 Å². The normalized spacial score (nSPS) is 22.5. The van der Waals surface area contributed by atoms with Gasteiger partial charge in [-0.2, -0.15) is 0 Å². The van der Waals surface area contributed by atoms with Crippen LogP contribution in [-0.4, -0.2) is 69.2 Å². The van der Waals surface area contributed by atoms with E-state index in [0.29, 0.717) is 13.1 Å². The molecule has 35 heavy (non-hydrogen) atoms. The Morgan fingerprint density at radius 3 is 2.51 bits per heavy atom. The standard InChI is InChI=1S/C26H27F2N5O2/c27-20-7-8-21(28)22(11-20)31-26(35)32-9-1-2-10-33-23(14-32)25(24(33)15-34)18-5-3-17(4-6-18)19-12-29-16-30-13-19/h3-8,11-13,16,23-25,34H,1-2,9-10,14-15H2,(H,31,35)/t23-,24-,25-/m0/s1. The van der Waals surface area contributed by atoms with Crippen LogP contribution < -0.4 is 5.32 Å². The Morgan fingerprint density at radius 2 is 1.77 bits per heavy atom. The number of urea groups is 1. The highest BCUT2D eigenvalue weighted by molar-refractivity contribution is 5.89. The van der Waals surface area contributed by atoms with E-state index in [-0.39, 0.29) is 30.3 Å². The number of carbonyl (C=O) groups is 1. The van der Waals surface area contributed by atoms with Crippen molar-refractivity contribution in [2.45, 2.75) is 30.8 Å². The van der Waals surface area contributed by atoms with Crippen LogP contribution in [0.15, 0.2) is 61.2 Å². The van der Waals surface area contributed by atoms with E-state index in [1.54, 1.807) is 17.3 Å². The summed E-state index contributed by atoms with van der Waals surface area (Å²) in [5.74, 6) is -1.25. The maximum absolute atomic E-state index is 14.1. The zero-order chi connectivity index (χ0) is 24.4. The first-order valence-corrected chi connectivity index (χ1v) is 11.8. The topological polar surface area (TPSA) is 81.6 Å². The van der Waals surface area contributed by atoms with Gasteiger partial charge in [-0.25, -0.2) is 23.5 Å². The van der Waals surface area contributed by atoms with E-state index < -0.39 is 17.7 Å². The van der Waals surface area contributed by atoms with E-state index in [1.165, 1.54) is 6.33 Å². The van der Waals surface area contributed by atoms with Crippen molar-refractivity contribution < 1.29 is 18.7 Å². The summed E-state index contributed by atoms with van der Waals surface area (Å²) in [7, 11) is 0. The second kappa shape index (κ2) is 10.1. The Kier molecular flexibility index (Phi) is 6.70. The summed E-state index contributed by atoms with van der Waals surface area (Å²) in [5, 5.41) is 12.7. The fourth-order valence-electron chi connectivity index (χ4n) is 5.26. The molecule has 2 N–H and O–H groups in total. The molecule has 182 valence electrons. The number of fused-ring (bicyclic) bond motifs is 1. The number of rotatable bonds is 4. The quantitative estimate of drug-likeness (QED) is 0.594. The molecule has 5 rings (SSSR count). The maximum atomic E-state index is 14.1. The molecule has 0 saturated carbocycles. The number of nitrogens with one attached hydrogen (secondary N) is 1. The molecular formula is C26H27F2N5O2. The number of aliphatic hydroxyl groups is 1. The molecule has 2 amide bonds. The molecule has 0 spiro atoms. The number of hydrogen-bond acceptors (Lipinski definition) is 5. The summed E-state index contributed by atoms with van der Waals surface area (Å²) in [6, 6.07) is 10.7. The van der Waals surface area contributed by atoms with Crippen LogP contribution in [0.4, 0.5) is 19.3 Å². The first kappa shape index (κ1) is 23.3. The van der Waals surface area contributed by atoms with E-state index in [9.17, 15) is 18.7 Å². The van der Waals surface area contributed by atoms with Gasteiger partial charge in [0.05, 0.1) is 12.3 Å². The highest BCUT2D eigenvalue weighted by atomic mass is 19.1. The van der Waals surface area contributed by atoms with Crippen molar-refractivity contribution in [2.24, 2.45) is 0 Å². The SMILES string of the molecule is O=C(Nc1cc(F)ccc1F)N1CCCCN2[C@@H](CO)[C@@H](c3ccc(-c4cncnc4)cc3)[C@@H]2C1. The summed E-state index contributed by atoms with van der Waals surface area (Å²) in [6.45, 7) is 1.82. The number of benzene rings is 2. The van der Waals surface area contributed by atoms with Crippen LogP contribution in [-0.2, 0) is 0 Å². The van der Waals surface area contributed by atoms with Gasteiger partial charge in [-0.1, -0.05) is 24.3 Å². The molecule has 0 unspecified atom stereocenters. The molecule has 3 atom stereocenters. The summed E-state index contributed by atoms with van der Waals surface area (Å²) in [4.78, 5) is 25.1. The van der Waals surface area contributed by atoms with Crippen molar-refractivity contribution >= 4 is 11.7 Å². The molecule has 2 aliphatic heterocycles. The number of aromatic nitrogens is 2. The van der Waals surface area contributed by atoms with Crippen molar-refractivity contribution in [3.05, 3.63) is 78.4 Å². The number of halogens is 2. The number of hydrogen-bond donors (Lipinski definition) is 2. The molecule has 1 aromatic heterocycles. The molecule has 3 heterocycles. The van der Waals surface area contributed by atoms with E-state index in [2.05, 4.69) is 32.3 Å². The Labute approximate surface area is 202 Å². The van der Waals surface area contributed by atoms with Gasteiger partial charge in [-0.05, 0) is 42.6 Å². The molecule has 3 aromatic rings. The summed E-state index contributed by atoms with van der Waals surface area (Å²) >= 11 is 0. The van der Waals surface area contributed by atoms with Crippen molar-refractivity contribution in [3.8, 4) is 11.1 Å². The molecule has 7 nitrogen and oxygen atoms in total. The molecule has 0 aliphatic carbocycles. The summed E-state index contributed by atoms with van der Waals surface area (Å²) in [6.07, 6.45) is 6.68. The predicted molar refractivity (Wildman–Crippen MR) is 128 cm³/mol. The molecule has 9 heteroatoms. The third-order valence-corrected chi connectivity index (χ3v) is 7.02. The average Bonchev–Trinajstić information content (AvgIpc) is 2.86. The van der Waals surface area contributed by atoms with Gasteiger partial charge in [-0.15, -0.1) is 0 Å². The Balaban J connectivity index is 1.35. The van der Waals surface area contributed by atoms with Crippen molar-refractivity contribution in [2.75, 3.05) is 31.6 Å². The van der Waals surface area contributed by atoms with E-state index in [4.69, 9.17) is 0 Å². The van der Waals surface area contributed by atoms with Gasteiger partial charge in [0.15, 0.2) is 0 Å². The lowest BCUT2D eigenvalue weighted by molar-refractivity contribution is -0.0585. The summed E-state index contributed by atoms with van der Waals surface area (Å²) < 4.78 is 27.7. The van der Waals surface area contributed by atoms with Gasteiger partial charge in [0.25, 0.3) is 0 Å². The van der Waals surface area contributed by atoms with Crippen LogP contribution in [0, 0.1) is 11.6 Å². The van der Waals surface area contributed by atoms with Gasteiger partial charge < -0.3 is 15.3 Å². The van der Waals surface area contributed by atoms with E-state index in [1.807, 2.05) is 12.1 Å². The largest absolute Gasteiger partial charge is 0.395 e. The molecule has 2 saturated heterocycles. The summed E-state index contributed by atoms with van der Waals surface area (Å²) in [5.41, 5.74) is 2.84. The van der Waals surface area contributed by atoms with Crippen LogP contribution >= 0.6 is 0 Å². The first-order valence-electron chi connectivity index (χ1n) is 11.8. The fourth-order valence-corrected chi connectivity index (χ4v) is 5.26. The molecule has 2 aliphatic rings. The highest BCUT2D eigenvalue weighted by Gasteiger charge is 2.49. The Hall–Kier alpha value is -3.43. The van der Waals surface area contributed by atoms with Crippen LogP contribution in [0.1, 0.15) is 24.3 Å². The van der Waals surface area contributed by atoms with E-state index >= 15 is 0 Å². The minimum atomic E-state index is -0.681. The second-order valence-electron chi connectivity index (χ2n) is 9.04. The van der Waals surface area contributed by atoms with Crippen molar-refractivity contribution in [1.82, 2.24) is 19.8 Å². The van der Waals surface area contributed by atoms with Gasteiger partial charge in [-0.3, -0.25) is 4.90 Å². The zero-order valence-corrected chi connectivity index (χ0v) is 19.1. The number of carbonyl (C=O) groups excluding carboxylic acids is 1. The van der Waals surface area contributed by atoms with Gasteiger partial charge in [0.1, 0.15) is 18.0 Å². The zero-order valence-electron chi connectivity index (χ0n) is 19.1. The monoisotopic (exact) mass is 479 g/mol. The van der Waals surface area contributed by atoms with Crippen molar-refractivity contribution in [1.29, 1.82) is 0 Å². The fraction of sp³-hybridized carbons (Fsp3) is 0.346. The lowest BCUT2D eigenvalue weighted by atomic mass is 9.74. The molecule has 0 radical (unpaired) electrons. The van der Waals surface area contributed by atoms with Crippen LogP contribution in [0.2, 0.25) is 0 Å². The average molecular weight is 480 g/mol. The van der Waals surface area contributed by atoms with Crippen LogP contribution in [0.5, 0.6) is 0 Å². The molecule has 2 fully saturated rings. The molecular weight excluding hydrogens is 452 g/mol. The lowest BCUT2D eigenvalue weighted by Crippen LogP contribution is -2.68. The third kappa shape index (κ3) is 4.74. The highest BCUT2D eigenvalue weighted by Crippen LogP contribution is 2.42. The minimum Gasteiger partial charge on any atom is -0.395 e. The third-order valence-electron chi connectivity index (χ3n) is 7.02. The smallest absolute Gasteiger partial charge is 0.321 e. The number of amides is 2. The van der Waals surface area contributed by atoms with Crippen LogP contribution in [0.25, 0.3) is 11.1 Å².